The third kappa shape index (κ3) is 7.69. The molecule has 2 amide bonds. The first kappa shape index (κ1) is 25.4. The molecule has 0 saturated carbocycles. The van der Waals surface area contributed by atoms with Crippen LogP contribution in [0.4, 0.5) is 11.4 Å². The van der Waals surface area contributed by atoms with Crippen LogP contribution in [0.2, 0.25) is 0 Å². The minimum Gasteiger partial charge on any atom is -0.324 e. The SMILES string of the molecule is CCN(CC)CCC(=O)Nc1cccnc1-c1ncccc1NC(=O)CCN(CC)CC. The molecule has 0 saturated heterocycles. The van der Waals surface area contributed by atoms with E-state index in [-0.39, 0.29) is 11.8 Å². The number of carbonyl (C=O) groups is 2. The van der Waals surface area contributed by atoms with Crippen LogP contribution in [-0.4, -0.2) is 70.9 Å². The van der Waals surface area contributed by atoms with Crippen LogP contribution in [-0.2, 0) is 9.59 Å². The van der Waals surface area contributed by atoms with Gasteiger partial charge in [-0.3, -0.25) is 19.6 Å². The summed E-state index contributed by atoms with van der Waals surface area (Å²) in [6, 6.07) is 7.15. The number of aromatic nitrogens is 2. The second-order valence-electron chi connectivity index (χ2n) is 7.45. The fourth-order valence-electron chi connectivity index (χ4n) is 3.41. The Hall–Kier alpha value is -2.84. The Morgan fingerprint density at radius 1 is 0.719 bits per heavy atom. The molecule has 0 unspecified atom stereocenters. The van der Waals surface area contributed by atoms with Gasteiger partial charge in [0.1, 0.15) is 11.4 Å². The maximum Gasteiger partial charge on any atom is 0.225 e. The van der Waals surface area contributed by atoms with Crippen LogP contribution in [0.25, 0.3) is 11.4 Å². The molecule has 2 heterocycles. The molecule has 2 N–H and O–H groups in total. The lowest BCUT2D eigenvalue weighted by Gasteiger charge is -2.18. The standard InChI is InChI=1S/C24H36N6O2/c1-5-29(6-2)17-13-21(31)27-19-11-9-15-25-23(19)24-20(12-10-16-26-24)28-22(32)14-18-30(7-3)8-4/h9-12,15-16H,5-8,13-14,17-18H2,1-4H3,(H,27,31)(H,28,32). The molecule has 0 spiro atoms. The highest BCUT2D eigenvalue weighted by atomic mass is 16.2. The molecule has 0 aliphatic rings. The van der Waals surface area contributed by atoms with Crippen molar-refractivity contribution in [2.45, 2.75) is 40.5 Å². The Kier molecular flexibility index (Phi) is 10.8. The van der Waals surface area contributed by atoms with Gasteiger partial charge in [0.05, 0.1) is 11.4 Å². The van der Waals surface area contributed by atoms with Crippen LogP contribution in [0.15, 0.2) is 36.7 Å². The summed E-state index contributed by atoms with van der Waals surface area (Å²) in [6.45, 7) is 13.4. The van der Waals surface area contributed by atoms with E-state index in [2.05, 4.69) is 58.1 Å². The first-order valence-electron chi connectivity index (χ1n) is 11.5. The summed E-state index contributed by atoms with van der Waals surface area (Å²) >= 11 is 0. The van der Waals surface area contributed by atoms with E-state index in [9.17, 15) is 9.59 Å². The van der Waals surface area contributed by atoms with Crippen molar-refractivity contribution in [3.63, 3.8) is 0 Å². The quantitative estimate of drug-likeness (QED) is 0.496. The highest BCUT2D eigenvalue weighted by molar-refractivity contribution is 5.98. The number of amides is 2. The topological polar surface area (TPSA) is 90.5 Å². The number of anilines is 2. The van der Waals surface area contributed by atoms with E-state index in [0.29, 0.717) is 48.7 Å². The van der Waals surface area contributed by atoms with E-state index >= 15 is 0 Å². The molecule has 174 valence electrons. The lowest BCUT2D eigenvalue weighted by atomic mass is 10.1. The Bertz CT molecular complexity index is 794. The molecule has 0 aliphatic carbocycles. The zero-order valence-electron chi connectivity index (χ0n) is 19.7. The second kappa shape index (κ2) is 13.5. The number of pyridine rings is 2. The van der Waals surface area contributed by atoms with Crippen LogP contribution < -0.4 is 10.6 Å². The predicted octanol–water partition coefficient (Wildman–Crippen LogP) is 3.48. The highest BCUT2D eigenvalue weighted by Gasteiger charge is 2.16. The van der Waals surface area contributed by atoms with Gasteiger partial charge in [0.25, 0.3) is 0 Å². The van der Waals surface area contributed by atoms with Crippen LogP contribution in [0.5, 0.6) is 0 Å². The summed E-state index contributed by atoms with van der Waals surface area (Å²) in [6.07, 6.45) is 4.10. The van der Waals surface area contributed by atoms with E-state index < -0.39 is 0 Å². The second-order valence-corrected chi connectivity index (χ2v) is 7.45. The summed E-state index contributed by atoms with van der Waals surface area (Å²) < 4.78 is 0. The van der Waals surface area contributed by atoms with Crippen molar-refractivity contribution in [1.82, 2.24) is 19.8 Å². The van der Waals surface area contributed by atoms with Gasteiger partial charge in [-0.1, -0.05) is 27.7 Å². The average molecular weight is 441 g/mol. The van der Waals surface area contributed by atoms with Crippen molar-refractivity contribution in [2.24, 2.45) is 0 Å². The van der Waals surface area contributed by atoms with Crippen LogP contribution in [0.1, 0.15) is 40.5 Å². The van der Waals surface area contributed by atoms with Gasteiger partial charge < -0.3 is 20.4 Å². The van der Waals surface area contributed by atoms with Crippen LogP contribution >= 0.6 is 0 Å². The Labute approximate surface area is 191 Å². The Balaban J connectivity index is 2.14. The van der Waals surface area contributed by atoms with Gasteiger partial charge in [-0.25, -0.2) is 0 Å². The third-order valence-corrected chi connectivity index (χ3v) is 5.49. The summed E-state index contributed by atoms with van der Waals surface area (Å²) in [5.41, 5.74) is 2.22. The Morgan fingerprint density at radius 3 is 1.44 bits per heavy atom. The zero-order chi connectivity index (χ0) is 23.3. The predicted molar refractivity (Wildman–Crippen MR) is 130 cm³/mol. The molecule has 0 aliphatic heterocycles. The molecule has 0 bridgehead atoms. The maximum atomic E-state index is 12.5. The van der Waals surface area contributed by atoms with E-state index in [1.165, 1.54) is 0 Å². The zero-order valence-corrected chi connectivity index (χ0v) is 19.7. The third-order valence-electron chi connectivity index (χ3n) is 5.49. The van der Waals surface area contributed by atoms with Crippen molar-refractivity contribution in [2.75, 3.05) is 49.9 Å². The number of nitrogens with one attached hydrogen (secondary N) is 2. The van der Waals surface area contributed by atoms with Gasteiger partial charge in [-0.05, 0) is 50.4 Å². The lowest BCUT2D eigenvalue weighted by molar-refractivity contribution is -0.117. The van der Waals surface area contributed by atoms with E-state index in [1.807, 2.05) is 0 Å². The summed E-state index contributed by atoms with van der Waals surface area (Å²) in [7, 11) is 0. The van der Waals surface area contributed by atoms with E-state index in [4.69, 9.17) is 0 Å². The molecular weight excluding hydrogens is 404 g/mol. The van der Waals surface area contributed by atoms with Crippen molar-refractivity contribution in [1.29, 1.82) is 0 Å². The molecule has 2 aromatic heterocycles. The normalized spacial score (nSPS) is 11.1. The minimum absolute atomic E-state index is 0.0770. The van der Waals surface area contributed by atoms with Gasteiger partial charge in [0, 0.05) is 38.3 Å². The summed E-state index contributed by atoms with van der Waals surface area (Å²) in [5.74, 6) is -0.154. The number of hydrogen-bond acceptors (Lipinski definition) is 6. The molecule has 0 radical (unpaired) electrons. The molecule has 0 atom stereocenters. The average Bonchev–Trinajstić information content (AvgIpc) is 2.81. The smallest absolute Gasteiger partial charge is 0.225 e. The Morgan fingerprint density at radius 2 is 1.09 bits per heavy atom. The molecule has 0 fully saturated rings. The maximum absolute atomic E-state index is 12.5. The monoisotopic (exact) mass is 440 g/mol. The van der Waals surface area contributed by atoms with Crippen LogP contribution in [0.3, 0.4) is 0 Å². The number of hydrogen-bond donors (Lipinski definition) is 2. The molecular formula is C24H36N6O2. The number of nitrogens with zero attached hydrogens (tertiary/aromatic N) is 4. The van der Waals surface area contributed by atoms with E-state index in [1.54, 1.807) is 36.7 Å². The van der Waals surface area contributed by atoms with Gasteiger partial charge in [0.15, 0.2) is 0 Å². The first-order chi connectivity index (χ1) is 15.5. The van der Waals surface area contributed by atoms with Gasteiger partial charge >= 0.3 is 0 Å². The number of rotatable bonds is 13. The largest absolute Gasteiger partial charge is 0.324 e. The minimum atomic E-state index is -0.0770. The molecule has 32 heavy (non-hydrogen) atoms. The highest BCUT2D eigenvalue weighted by Crippen LogP contribution is 2.30. The van der Waals surface area contributed by atoms with Gasteiger partial charge in [-0.2, -0.15) is 0 Å². The van der Waals surface area contributed by atoms with Crippen molar-refractivity contribution in [3.8, 4) is 11.4 Å². The van der Waals surface area contributed by atoms with E-state index in [0.717, 1.165) is 26.2 Å². The van der Waals surface area contributed by atoms with Crippen molar-refractivity contribution in [3.05, 3.63) is 36.7 Å². The fraction of sp³-hybridized carbons (Fsp3) is 0.500. The number of carbonyl (C=O) groups excluding carboxylic acids is 2. The first-order valence-corrected chi connectivity index (χ1v) is 11.5. The van der Waals surface area contributed by atoms with Gasteiger partial charge in [-0.15, -0.1) is 0 Å². The summed E-state index contributed by atoms with van der Waals surface area (Å²) in [4.78, 5) is 38.4. The van der Waals surface area contributed by atoms with Crippen molar-refractivity contribution >= 4 is 23.2 Å². The summed E-state index contributed by atoms with van der Waals surface area (Å²) in [5, 5.41) is 5.92. The molecule has 8 heteroatoms. The molecule has 2 rings (SSSR count). The fourth-order valence-corrected chi connectivity index (χ4v) is 3.41. The van der Waals surface area contributed by atoms with Crippen LogP contribution in [0, 0.1) is 0 Å². The molecule has 0 aromatic carbocycles. The van der Waals surface area contributed by atoms with Crippen molar-refractivity contribution < 1.29 is 9.59 Å². The molecule has 8 nitrogen and oxygen atoms in total. The molecule has 2 aromatic rings. The lowest BCUT2D eigenvalue weighted by Crippen LogP contribution is -2.27. The van der Waals surface area contributed by atoms with Gasteiger partial charge in [0.2, 0.25) is 11.8 Å².